The van der Waals surface area contributed by atoms with Gasteiger partial charge in [0, 0.05) is 31.6 Å². The van der Waals surface area contributed by atoms with Crippen molar-refractivity contribution in [3.8, 4) is 0 Å². The van der Waals surface area contributed by atoms with Crippen LogP contribution in [-0.4, -0.2) is 93.0 Å². The van der Waals surface area contributed by atoms with Gasteiger partial charge in [-0.2, -0.15) is 0 Å². The van der Waals surface area contributed by atoms with Crippen molar-refractivity contribution in [1.82, 2.24) is 20.4 Å². The number of carbonyl (C=O) groups excluding carboxylic acids is 2. The van der Waals surface area contributed by atoms with Crippen LogP contribution in [0.5, 0.6) is 0 Å². The molecule has 12 heteroatoms. The lowest BCUT2D eigenvalue weighted by Crippen LogP contribution is -2.78. The number of likely N-dealkylation sites (tertiary alicyclic amines) is 1. The zero-order valence-electron chi connectivity index (χ0n) is 24.2. The van der Waals surface area contributed by atoms with E-state index in [-0.39, 0.29) is 41.7 Å². The van der Waals surface area contributed by atoms with Crippen LogP contribution in [0.1, 0.15) is 75.9 Å². The van der Waals surface area contributed by atoms with Crippen molar-refractivity contribution < 1.29 is 19.8 Å². The number of nitrogens with two attached hydrogens (primary N) is 2. The smallest absolute Gasteiger partial charge is 0.251 e. The highest BCUT2D eigenvalue weighted by molar-refractivity contribution is 5.95. The third-order valence-corrected chi connectivity index (χ3v) is 8.61. The standard InChI is InChI=1S/C28H42N8O4/c1-25(2,3)16-10-15(11-17(12-16)26(4,5)6)22(38)32-19-14-36-24(30)31-18(13-35-9-7-8-20(35)37)21-27(36,28(19,39)40)34-23(29)33-21/h10-12,18-19,21,39-40H,7-9,13-14H2,1-6H3,(H2,30,31)(H,32,38)(H3,29,33,34). The SMILES string of the molecule is CC(C)(C)c1cc(C(=O)NC2CN3C(N)=NC(CN4CCCC4=O)C4N=C(N)NC43C2(O)O)cc(C(C)(C)C)c1. The van der Waals surface area contributed by atoms with E-state index in [4.69, 9.17) is 11.5 Å². The third kappa shape index (κ3) is 4.37. The molecule has 0 bridgehead atoms. The molecule has 4 unspecified atom stereocenters. The zero-order chi connectivity index (χ0) is 29.4. The number of rotatable bonds is 4. The molecule has 0 aromatic heterocycles. The van der Waals surface area contributed by atoms with Crippen LogP contribution in [-0.2, 0) is 15.6 Å². The number of hydrogen-bond donors (Lipinski definition) is 6. The largest absolute Gasteiger partial charge is 0.370 e. The molecule has 2 saturated heterocycles. The molecule has 40 heavy (non-hydrogen) atoms. The first-order valence-corrected chi connectivity index (χ1v) is 13.9. The number of amides is 2. The predicted molar refractivity (Wildman–Crippen MR) is 151 cm³/mol. The summed E-state index contributed by atoms with van der Waals surface area (Å²) in [6.07, 6.45) is 1.21. The molecule has 1 aromatic carbocycles. The highest BCUT2D eigenvalue weighted by Crippen LogP contribution is 2.45. The molecule has 1 aromatic rings. The van der Waals surface area contributed by atoms with Crippen LogP contribution >= 0.6 is 0 Å². The monoisotopic (exact) mass is 554 g/mol. The molecule has 8 N–H and O–H groups in total. The van der Waals surface area contributed by atoms with Gasteiger partial charge in [-0.25, -0.2) is 9.98 Å². The lowest BCUT2D eigenvalue weighted by atomic mass is 9.79. The zero-order valence-corrected chi connectivity index (χ0v) is 24.2. The molecule has 4 heterocycles. The lowest BCUT2D eigenvalue weighted by molar-refractivity contribution is -0.230. The van der Waals surface area contributed by atoms with Crippen LogP contribution in [0.15, 0.2) is 28.2 Å². The van der Waals surface area contributed by atoms with E-state index >= 15 is 0 Å². The van der Waals surface area contributed by atoms with Crippen molar-refractivity contribution in [1.29, 1.82) is 0 Å². The fraction of sp³-hybridized carbons (Fsp3) is 0.643. The van der Waals surface area contributed by atoms with E-state index in [1.807, 2.05) is 12.1 Å². The van der Waals surface area contributed by atoms with Crippen LogP contribution in [0, 0.1) is 0 Å². The Hall–Kier alpha value is -3.38. The van der Waals surface area contributed by atoms with Gasteiger partial charge in [-0.3, -0.25) is 9.59 Å². The summed E-state index contributed by atoms with van der Waals surface area (Å²) in [5, 5.41) is 29.3. The first kappa shape index (κ1) is 28.2. The Morgan fingerprint density at radius 1 is 1.10 bits per heavy atom. The number of carbonyl (C=O) groups is 2. The van der Waals surface area contributed by atoms with Gasteiger partial charge in [0.05, 0.1) is 6.04 Å². The Labute approximate surface area is 234 Å². The Balaban J connectivity index is 1.47. The molecule has 4 atom stereocenters. The summed E-state index contributed by atoms with van der Waals surface area (Å²) in [4.78, 5) is 38.3. The highest BCUT2D eigenvalue weighted by atomic mass is 16.5. The third-order valence-electron chi connectivity index (χ3n) is 8.61. The number of nitrogens with one attached hydrogen (secondary N) is 2. The molecule has 4 aliphatic rings. The lowest BCUT2D eigenvalue weighted by Gasteiger charge is -2.49. The molecular formula is C28H42N8O4. The Bertz CT molecular complexity index is 1260. The average Bonchev–Trinajstić information content (AvgIpc) is 3.48. The summed E-state index contributed by atoms with van der Waals surface area (Å²) in [5.41, 5.74) is 12.8. The Kier molecular flexibility index (Phi) is 6.38. The van der Waals surface area contributed by atoms with E-state index in [1.54, 1.807) is 4.90 Å². The summed E-state index contributed by atoms with van der Waals surface area (Å²) >= 11 is 0. The van der Waals surface area contributed by atoms with Crippen molar-refractivity contribution >= 4 is 23.7 Å². The number of aliphatic imine (C=N–C) groups is 2. The van der Waals surface area contributed by atoms with Crippen molar-refractivity contribution in [2.75, 3.05) is 19.6 Å². The maximum absolute atomic E-state index is 13.7. The average molecular weight is 555 g/mol. The van der Waals surface area contributed by atoms with E-state index in [2.05, 4.69) is 68.2 Å². The minimum absolute atomic E-state index is 0.00444. The molecule has 2 fully saturated rings. The summed E-state index contributed by atoms with van der Waals surface area (Å²) < 4.78 is 0. The first-order valence-electron chi connectivity index (χ1n) is 13.9. The molecule has 12 nitrogen and oxygen atoms in total. The second-order valence-corrected chi connectivity index (χ2v) is 13.5. The predicted octanol–water partition coefficient (Wildman–Crippen LogP) is -0.321. The van der Waals surface area contributed by atoms with E-state index < -0.39 is 35.5 Å². The van der Waals surface area contributed by atoms with Gasteiger partial charge in [0.2, 0.25) is 11.7 Å². The minimum Gasteiger partial charge on any atom is -0.370 e. The van der Waals surface area contributed by atoms with Gasteiger partial charge in [0.15, 0.2) is 17.6 Å². The van der Waals surface area contributed by atoms with Gasteiger partial charge in [-0.1, -0.05) is 47.6 Å². The molecule has 0 saturated carbocycles. The number of aliphatic hydroxyl groups is 2. The quantitative estimate of drug-likeness (QED) is 0.274. The van der Waals surface area contributed by atoms with Crippen LogP contribution in [0.4, 0.5) is 0 Å². The van der Waals surface area contributed by atoms with Crippen LogP contribution in [0.3, 0.4) is 0 Å². The second kappa shape index (κ2) is 9.07. The second-order valence-electron chi connectivity index (χ2n) is 13.5. The molecule has 0 aliphatic carbocycles. The fourth-order valence-corrected chi connectivity index (χ4v) is 6.22. The van der Waals surface area contributed by atoms with Gasteiger partial charge >= 0.3 is 0 Å². The molecule has 1 spiro atoms. The van der Waals surface area contributed by atoms with Crippen LogP contribution in [0.25, 0.3) is 0 Å². The van der Waals surface area contributed by atoms with Crippen molar-refractivity contribution in [2.24, 2.45) is 21.5 Å². The van der Waals surface area contributed by atoms with Crippen molar-refractivity contribution in [2.45, 2.75) is 94.8 Å². The topological polar surface area (TPSA) is 182 Å². The first-order chi connectivity index (χ1) is 18.4. The van der Waals surface area contributed by atoms with Gasteiger partial charge in [0.25, 0.3) is 5.91 Å². The van der Waals surface area contributed by atoms with Gasteiger partial charge in [-0.05, 0) is 40.5 Å². The van der Waals surface area contributed by atoms with E-state index in [1.165, 1.54) is 4.90 Å². The fourth-order valence-electron chi connectivity index (χ4n) is 6.22. The number of hydrogen-bond acceptors (Lipinski definition) is 10. The van der Waals surface area contributed by atoms with Crippen LogP contribution < -0.4 is 22.1 Å². The van der Waals surface area contributed by atoms with Crippen LogP contribution in [0.2, 0.25) is 0 Å². The molecule has 2 amide bonds. The Morgan fingerprint density at radius 3 is 2.27 bits per heavy atom. The maximum Gasteiger partial charge on any atom is 0.251 e. The minimum atomic E-state index is -2.54. The molecule has 5 rings (SSSR count). The molecule has 0 radical (unpaired) electrons. The Morgan fingerprint density at radius 2 is 1.73 bits per heavy atom. The molecule has 4 aliphatic heterocycles. The van der Waals surface area contributed by atoms with E-state index in [0.29, 0.717) is 18.5 Å². The number of benzene rings is 1. The summed E-state index contributed by atoms with van der Waals surface area (Å²) in [5.74, 6) is -2.91. The number of nitrogens with zero attached hydrogens (tertiary/aromatic N) is 4. The van der Waals surface area contributed by atoms with E-state index in [9.17, 15) is 19.8 Å². The molecular weight excluding hydrogens is 512 g/mol. The summed E-state index contributed by atoms with van der Waals surface area (Å²) in [6.45, 7) is 13.3. The summed E-state index contributed by atoms with van der Waals surface area (Å²) in [7, 11) is 0. The van der Waals surface area contributed by atoms with Crippen molar-refractivity contribution in [3.63, 3.8) is 0 Å². The molecule has 218 valence electrons. The van der Waals surface area contributed by atoms with Gasteiger partial charge in [-0.15, -0.1) is 0 Å². The number of guanidine groups is 2. The maximum atomic E-state index is 13.7. The highest BCUT2D eigenvalue weighted by Gasteiger charge is 2.73. The normalized spacial score (nSPS) is 29.5. The van der Waals surface area contributed by atoms with Gasteiger partial charge in [0.1, 0.15) is 12.1 Å². The van der Waals surface area contributed by atoms with Gasteiger partial charge < -0.3 is 42.1 Å². The van der Waals surface area contributed by atoms with E-state index in [0.717, 1.165) is 17.5 Å². The summed E-state index contributed by atoms with van der Waals surface area (Å²) in [6, 6.07) is 3.13. The van der Waals surface area contributed by atoms with Crippen molar-refractivity contribution in [3.05, 3.63) is 34.9 Å².